The molecule has 1 aromatic rings. The van der Waals surface area contributed by atoms with Crippen molar-refractivity contribution in [2.45, 2.75) is 30.7 Å². The Bertz CT molecular complexity index is 652. The Morgan fingerprint density at radius 1 is 1.12 bits per heavy atom. The van der Waals surface area contributed by atoms with Crippen LogP contribution in [0.2, 0.25) is 0 Å². The van der Waals surface area contributed by atoms with Gasteiger partial charge in [-0.25, -0.2) is 13.1 Å². The number of hydrogen-bond acceptors (Lipinski definition) is 4. The van der Waals surface area contributed by atoms with Crippen LogP contribution in [0, 0.1) is 0 Å². The molecule has 0 aliphatic carbocycles. The molecule has 0 amide bonds. The number of nitrogens with zero attached hydrogens (tertiary/aromatic N) is 2. The molecule has 7 nitrogen and oxygen atoms in total. The Morgan fingerprint density at radius 3 is 2.40 bits per heavy atom. The topological polar surface area (TPSA) is 85.8 Å². The standard InChI is InChI=1S/C17H29N5O2S/c1-18-17(20-10-13-22-11-4-3-5-12-22)21-14-15-6-8-16(9-7-15)25(23,24)19-2/h6-9,19H,3-5,10-14H2,1-2H3,(H2,18,20,21). The van der Waals surface area contributed by atoms with Gasteiger partial charge in [0.25, 0.3) is 0 Å². The second-order valence-electron chi connectivity index (χ2n) is 6.11. The van der Waals surface area contributed by atoms with Crippen LogP contribution in [-0.4, -0.2) is 59.6 Å². The van der Waals surface area contributed by atoms with Crippen LogP contribution in [0.5, 0.6) is 0 Å². The smallest absolute Gasteiger partial charge is 0.240 e. The zero-order valence-corrected chi connectivity index (χ0v) is 15.9. The lowest BCUT2D eigenvalue weighted by atomic mass is 10.1. The number of likely N-dealkylation sites (tertiary alicyclic amines) is 1. The van der Waals surface area contributed by atoms with Crippen molar-refractivity contribution >= 4 is 16.0 Å². The number of rotatable bonds is 7. The minimum Gasteiger partial charge on any atom is -0.355 e. The van der Waals surface area contributed by atoms with E-state index in [0.29, 0.717) is 6.54 Å². The summed E-state index contributed by atoms with van der Waals surface area (Å²) >= 11 is 0. The molecule has 0 atom stereocenters. The Balaban J connectivity index is 1.76. The lowest BCUT2D eigenvalue weighted by Crippen LogP contribution is -2.42. The predicted octanol–water partition coefficient (Wildman–Crippen LogP) is 0.746. The molecule has 3 N–H and O–H groups in total. The van der Waals surface area contributed by atoms with Crippen molar-refractivity contribution in [1.29, 1.82) is 0 Å². The molecule has 1 aromatic carbocycles. The molecule has 1 aliphatic heterocycles. The number of hydrogen-bond donors (Lipinski definition) is 3. The summed E-state index contributed by atoms with van der Waals surface area (Å²) in [6, 6.07) is 6.82. The number of nitrogens with one attached hydrogen (secondary N) is 3. The third-order valence-corrected chi connectivity index (χ3v) is 5.79. The summed E-state index contributed by atoms with van der Waals surface area (Å²) in [6.07, 6.45) is 3.94. The van der Waals surface area contributed by atoms with E-state index in [1.807, 2.05) is 0 Å². The van der Waals surface area contributed by atoms with Crippen molar-refractivity contribution in [3.63, 3.8) is 0 Å². The Kier molecular flexibility index (Phi) is 7.67. The second-order valence-corrected chi connectivity index (χ2v) is 7.99. The van der Waals surface area contributed by atoms with Crippen molar-refractivity contribution in [3.8, 4) is 0 Å². The highest BCUT2D eigenvalue weighted by atomic mass is 32.2. The first kappa shape index (κ1) is 19.7. The molecule has 0 saturated carbocycles. The fourth-order valence-corrected chi connectivity index (χ4v) is 3.56. The molecule has 0 bridgehead atoms. The molecule has 0 spiro atoms. The van der Waals surface area contributed by atoms with Crippen molar-refractivity contribution < 1.29 is 8.42 Å². The maximum Gasteiger partial charge on any atom is 0.240 e. The summed E-state index contributed by atoms with van der Waals surface area (Å²) in [5, 5.41) is 6.57. The molecular weight excluding hydrogens is 338 g/mol. The van der Waals surface area contributed by atoms with Gasteiger partial charge in [-0.2, -0.15) is 0 Å². The fourth-order valence-electron chi connectivity index (χ4n) is 2.83. The molecule has 140 valence electrons. The molecule has 2 rings (SSSR count). The van der Waals surface area contributed by atoms with Gasteiger partial charge >= 0.3 is 0 Å². The predicted molar refractivity (Wildman–Crippen MR) is 101 cm³/mol. The Morgan fingerprint density at radius 2 is 1.80 bits per heavy atom. The van der Waals surface area contributed by atoms with E-state index < -0.39 is 10.0 Å². The van der Waals surface area contributed by atoms with Crippen LogP contribution in [0.25, 0.3) is 0 Å². The van der Waals surface area contributed by atoms with Crippen LogP contribution >= 0.6 is 0 Å². The van der Waals surface area contributed by atoms with Crippen LogP contribution in [0.3, 0.4) is 0 Å². The van der Waals surface area contributed by atoms with Gasteiger partial charge in [-0.05, 0) is 50.7 Å². The summed E-state index contributed by atoms with van der Waals surface area (Å²) in [5.74, 6) is 0.754. The van der Waals surface area contributed by atoms with Gasteiger partial charge in [0, 0.05) is 26.7 Å². The van der Waals surface area contributed by atoms with E-state index >= 15 is 0 Å². The highest BCUT2D eigenvalue weighted by Gasteiger charge is 2.11. The normalized spacial score (nSPS) is 16.6. The maximum absolute atomic E-state index is 11.7. The second kappa shape index (κ2) is 9.74. The van der Waals surface area contributed by atoms with Crippen LogP contribution in [0.1, 0.15) is 24.8 Å². The van der Waals surface area contributed by atoms with Crippen LogP contribution < -0.4 is 15.4 Å². The van der Waals surface area contributed by atoms with Crippen LogP contribution in [0.4, 0.5) is 0 Å². The summed E-state index contributed by atoms with van der Waals surface area (Å²) in [7, 11) is -0.229. The molecule has 0 radical (unpaired) electrons. The molecular formula is C17H29N5O2S. The molecule has 0 aromatic heterocycles. The molecule has 25 heavy (non-hydrogen) atoms. The third-order valence-electron chi connectivity index (χ3n) is 4.36. The number of piperidine rings is 1. The number of benzene rings is 1. The number of aliphatic imine (C=N–C) groups is 1. The van der Waals surface area contributed by atoms with E-state index in [-0.39, 0.29) is 4.90 Å². The van der Waals surface area contributed by atoms with Crippen LogP contribution in [0.15, 0.2) is 34.2 Å². The summed E-state index contributed by atoms with van der Waals surface area (Å²) in [5.41, 5.74) is 0.994. The van der Waals surface area contributed by atoms with Crippen LogP contribution in [-0.2, 0) is 16.6 Å². The van der Waals surface area contributed by atoms with Gasteiger partial charge in [0.05, 0.1) is 4.90 Å². The average Bonchev–Trinajstić information content (AvgIpc) is 2.65. The lowest BCUT2D eigenvalue weighted by Gasteiger charge is -2.26. The zero-order valence-electron chi connectivity index (χ0n) is 15.1. The number of guanidine groups is 1. The van der Waals surface area contributed by atoms with Gasteiger partial charge in [-0.1, -0.05) is 18.6 Å². The first-order chi connectivity index (χ1) is 12.0. The third kappa shape index (κ3) is 6.30. The van der Waals surface area contributed by atoms with Crippen molar-refractivity contribution in [1.82, 2.24) is 20.3 Å². The van der Waals surface area contributed by atoms with Gasteiger partial charge in [-0.3, -0.25) is 4.99 Å². The first-order valence-electron chi connectivity index (χ1n) is 8.74. The largest absolute Gasteiger partial charge is 0.355 e. The van der Waals surface area contributed by atoms with E-state index in [4.69, 9.17) is 0 Å². The monoisotopic (exact) mass is 367 g/mol. The molecule has 1 aliphatic rings. The van der Waals surface area contributed by atoms with Gasteiger partial charge in [-0.15, -0.1) is 0 Å². The molecule has 1 heterocycles. The quantitative estimate of drug-likeness (QED) is 0.489. The van der Waals surface area contributed by atoms with Gasteiger partial charge in [0.2, 0.25) is 10.0 Å². The van der Waals surface area contributed by atoms with Crippen molar-refractivity contribution in [2.24, 2.45) is 4.99 Å². The highest BCUT2D eigenvalue weighted by molar-refractivity contribution is 7.89. The van der Waals surface area contributed by atoms with E-state index in [1.54, 1.807) is 31.3 Å². The molecule has 1 saturated heterocycles. The fraction of sp³-hybridized carbons (Fsp3) is 0.588. The van der Waals surface area contributed by atoms with Crippen molar-refractivity contribution in [3.05, 3.63) is 29.8 Å². The maximum atomic E-state index is 11.7. The molecule has 8 heteroatoms. The van der Waals surface area contributed by atoms with Crippen molar-refractivity contribution in [2.75, 3.05) is 40.3 Å². The average molecular weight is 368 g/mol. The minimum atomic E-state index is -3.38. The molecule has 1 fully saturated rings. The highest BCUT2D eigenvalue weighted by Crippen LogP contribution is 2.10. The van der Waals surface area contributed by atoms with E-state index in [0.717, 1.165) is 24.6 Å². The lowest BCUT2D eigenvalue weighted by molar-refractivity contribution is 0.232. The molecule has 0 unspecified atom stereocenters. The SMILES string of the molecule is CN=C(NCCN1CCCCC1)NCc1ccc(S(=O)(=O)NC)cc1. The van der Waals surface area contributed by atoms with E-state index in [9.17, 15) is 8.42 Å². The summed E-state index contributed by atoms with van der Waals surface area (Å²) in [4.78, 5) is 6.97. The van der Waals surface area contributed by atoms with E-state index in [2.05, 4.69) is 25.2 Å². The minimum absolute atomic E-state index is 0.266. The number of sulfonamides is 1. The Labute approximate surface area is 151 Å². The summed E-state index contributed by atoms with van der Waals surface area (Å²) < 4.78 is 25.7. The van der Waals surface area contributed by atoms with Gasteiger partial charge < -0.3 is 15.5 Å². The summed E-state index contributed by atoms with van der Waals surface area (Å²) in [6.45, 7) is 4.85. The van der Waals surface area contributed by atoms with Gasteiger partial charge in [0.1, 0.15) is 0 Å². The zero-order chi connectivity index (χ0) is 18.1. The van der Waals surface area contributed by atoms with Gasteiger partial charge in [0.15, 0.2) is 5.96 Å². The Hall–Kier alpha value is -1.64. The first-order valence-corrected chi connectivity index (χ1v) is 10.2. The van der Waals surface area contributed by atoms with E-state index in [1.165, 1.54) is 39.4 Å².